The summed E-state index contributed by atoms with van der Waals surface area (Å²) in [5.74, 6) is 0. The Hall–Kier alpha value is -1.86. The summed E-state index contributed by atoms with van der Waals surface area (Å²) in [6, 6.07) is 12.1. The first-order valence-electron chi connectivity index (χ1n) is 4.74. The third-order valence-electron chi connectivity index (χ3n) is 2.34. The van der Waals surface area contributed by atoms with Crippen molar-refractivity contribution in [1.82, 2.24) is 9.97 Å². The maximum absolute atomic E-state index is 8.06. The van der Waals surface area contributed by atoms with Gasteiger partial charge in [-0.3, -0.25) is 14.5 Å². The molecule has 4 heteroatoms. The van der Waals surface area contributed by atoms with Crippen molar-refractivity contribution in [3.63, 3.8) is 0 Å². The van der Waals surface area contributed by atoms with Gasteiger partial charge in [0, 0.05) is 23.2 Å². The van der Waals surface area contributed by atoms with Crippen LogP contribution < -0.4 is 0 Å². The van der Waals surface area contributed by atoms with E-state index in [4.69, 9.17) is 4.57 Å². The first-order valence-corrected chi connectivity index (χ1v) is 5.15. The lowest BCUT2D eigenvalue weighted by atomic mass is 10.1. The molecule has 0 aliphatic rings. The van der Waals surface area contributed by atoms with Gasteiger partial charge in [0.2, 0.25) is 0 Å². The molecule has 78 valence electrons. The van der Waals surface area contributed by atoms with Crippen LogP contribution in [0.5, 0.6) is 0 Å². The van der Waals surface area contributed by atoms with Crippen LogP contribution in [-0.2, 0) is 4.57 Å². The van der Waals surface area contributed by atoms with E-state index < -0.39 is 0 Å². The molecule has 0 spiro atoms. The van der Waals surface area contributed by atoms with Crippen LogP contribution in [0.4, 0.5) is 0 Å². The van der Waals surface area contributed by atoms with E-state index in [0.29, 0.717) is 0 Å². The van der Waals surface area contributed by atoms with Gasteiger partial charge in [-0.2, -0.15) is 0 Å². The Morgan fingerprint density at radius 1 is 0.750 bits per heavy atom. The van der Waals surface area contributed by atoms with Crippen molar-refractivity contribution in [3.05, 3.63) is 48.8 Å². The Balaban J connectivity index is 0.000000457. The van der Waals surface area contributed by atoms with Crippen molar-refractivity contribution in [3.8, 4) is 0 Å². The van der Waals surface area contributed by atoms with Crippen LogP contribution in [0.2, 0.25) is 0 Å². The number of benzene rings is 1. The summed E-state index contributed by atoms with van der Waals surface area (Å²) in [6.45, 7) is 0. The fourth-order valence-electron chi connectivity index (χ4n) is 1.68. The minimum absolute atomic E-state index is 0.977. The number of fused-ring (bicyclic) bond motifs is 3. The lowest BCUT2D eigenvalue weighted by Gasteiger charge is -2.00. The fraction of sp³-hybridized carbons (Fsp3) is 0. The first kappa shape index (κ1) is 10.7. The molecule has 0 unspecified atom stereocenters. The maximum atomic E-state index is 8.06. The average molecular weight is 228 g/mol. The zero-order chi connectivity index (χ0) is 11.4. The van der Waals surface area contributed by atoms with Crippen LogP contribution in [0.1, 0.15) is 0 Å². The molecule has 0 amide bonds. The van der Waals surface area contributed by atoms with Gasteiger partial charge in [-0.25, -0.2) is 0 Å². The lowest BCUT2D eigenvalue weighted by Crippen LogP contribution is -1.83. The van der Waals surface area contributed by atoms with Gasteiger partial charge in [-0.15, -0.1) is 0 Å². The summed E-state index contributed by atoms with van der Waals surface area (Å²) < 4.78 is 8.06. The molecule has 1 aromatic carbocycles. The molecule has 0 N–H and O–H groups in total. The number of hydrogen-bond donors (Lipinski definition) is 0. The average Bonchev–Trinajstić information content (AvgIpc) is 2.41. The number of rotatable bonds is 0. The normalized spacial score (nSPS) is 9.75. The van der Waals surface area contributed by atoms with E-state index in [1.807, 2.05) is 12.1 Å². The van der Waals surface area contributed by atoms with Crippen LogP contribution in [-0.4, -0.2) is 9.97 Å². The van der Waals surface area contributed by atoms with Crippen molar-refractivity contribution in [1.29, 1.82) is 0 Å². The Kier molecular flexibility index (Phi) is 3.18. The minimum atomic E-state index is 0.977. The quantitative estimate of drug-likeness (QED) is 0.438. The number of aromatic nitrogens is 2. The molecule has 2 heterocycles. The van der Waals surface area contributed by atoms with Gasteiger partial charge in [-0.05, 0) is 12.1 Å². The molecule has 0 saturated carbocycles. The van der Waals surface area contributed by atoms with Crippen LogP contribution in [0.3, 0.4) is 0 Å². The van der Waals surface area contributed by atoms with Gasteiger partial charge in [-0.1, -0.05) is 24.3 Å². The highest BCUT2D eigenvalue weighted by molar-refractivity contribution is 7.00. The first-order chi connectivity index (χ1) is 7.95. The highest BCUT2D eigenvalue weighted by Crippen LogP contribution is 2.20. The van der Waals surface area contributed by atoms with Crippen molar-refractivity contribution in [2.24, 2.45) is 0 Å². The zero-order valence-corrected chi connectivity index (χ0v) is 9.42. The highest BCUT2D eigenvalue weighted by atomic mass is 31.0. The second-order valence-electron chi connectivity index (χ2n) is 3.22. The standard InChI is InChI=1S/C12H8N2.HOP/c1-3-9-5-6-10-4-2-8-14-12(10)11(9)13-7-1;1-2/h1-8H;2H. The zero-order valence-electron chi connectivity index (χ0n) is 8.42. The molecule has 0 fully saturated rings. The molecule has 2 aromatic heterocycles. The number of pyridine rings is 2. The van der Waals surface area contributed by atoms with Crippen LogP contribution in [0.25, 0.3) is 21.8 Å². The molecular formula is C12H9N2OP. The monoisotopic (exact) mass is 228 g/mol. The highest BCUT2D eigenvalue weighted by Gasteiger charge is 2.00. The molecule has 0 radical (unpaired) electrons. The molecule has 16 heavy (non-hydrogen) atoms. The largest absolute Gasteiger partial charge is 0.279 e. The van der Waals surface area contributed by atoms with Crippen LogP contribution in [0, 0.1) is 0 Å². The lowest BCUT2D eigenvalue weighted by molar-refractivity contribution is 0.607. The minimum Gasteiger partial charge on any atom is -0.279 e. The van der Waals surface area contributed by atoms with E-state index in [1.165, 1.54) is 0 Å². The molecule has 0 atom stereocenters. The van der Waals surface area contributed by atoms with E-state index in [2.05, 4.69) is 34.2 Å². The summed E-state index contributed by atoms with van der Waals surface area (Å²) >= 11 is 0. The molecular weight excluding hydrogens is 219 g/mol. The molecule has 3 rings (SSSR count). The Morgan fingerprint density at radius 2 is 1.19 bits per heavy atom. The fourth-order valence-corrected chi connectivity index (χ4v) is 1.68. The van der Waals surface area contributed by atoms with E-state index >= 15 is 0 Å². The predicted octanol–water partition coefficient (Wildman–Crippen LogP) is 3.26. The third-order valence-corrected chi connectivity index (χ3v) is 2.34. The van der Waals surface area contributed by atoms with Gasteiger partial charge in [0.25, 0.3) is 0 Å². The Labute approximate surface area is 94.8 Å². The SMILES string of the molecule is O=P.c1cnc2c(c1)ccc1cccnc12. The van der Waals surface area contributed by atoms with Gasteiger partial charge < -0.3 is 0 Å². The molecule has 0 bridgehead atoms. The molecule has 3 aromatic rings. The molecule has 0 saturated heterocycles. The smallest absolute Gasteiger partial charge is 0.138 e. The second kappa shape index (κ2) is 4.77. The van der Waals surface area contributed by atoms with Crippen molar-refractivity contribution < 1.29 is 4.57 Å². The predicted molar refractivity (Wildman–Crippen MR) is 66.0 cm³/mol. The van der Waals surface area contributed by atoms with Crippen molar-refractivity contribution in [2.45, 2.75) is 0 Å². The third kappa shape index (κ3) is 1.77. The van der Waals surface area contributed by atoms with E-state index in [1.54, 1.807) is 21.5 Å². The van der Waals surface area contributed by atoms with Gasteiger partial charge in [0.1, 0.15) is 9.12 Å². The molecule has 0 aliphatic carbocycles. The number of nitrogens with zero attached hydrogens (tertiary/aromatic N) is 2. The van der Waals surface area contributed by atoms with Crippen LogP contribution in [0.15, 0.2) is 48.8 Å². The van der Waals surface area contributed by atoms with Crippen molar-refractivity contribution in [2.75, 3.05) is 0 Å². The van der Waals surface area contributed by atoms with Crippen molar-refractivity contribution >= 4 is 30.9 Å². The summed E-state index contributed by atoms with van der Waals surface area (Å²) in [7, 11) is 1.72. The summed E-state index contributed by atoms with van der Waals surface area (Å²) in [4.78, 5) is 8.69. The van der Waals surface area contributed by atoms with E-state index in [9.17, 15) is 0 Å². The molecule has 3 nitrogen and oxygen atoms in total. The van der Waals surface area contributed by atoms with Gasteiger partial charge in [0.15, 0.2) is 0 Å². The summed E-state index contributed by atoms with van der Waals surface area (Å²) in [5, 5.41) is 2.28. The molecule has 0 aliphatic heterocycles. The van der Waals surface area contributed by atoms with E-state index in [-0.39, 0.29) is 0 Å². The summed E-state index contributed by atoms with van der Waals surface area (Å²) in [5.41, 5.74) is 1.95. The second-order valence-corrected chi connectivity index (χ2v) is 3.22. The topological polar surface area (TPSA) is 42.9 Å². The van der Waals surface area contributed by atoms with E-state index in [0.717, 1.165) is 21.8 Å². The van der Waals surface area contributed by atoms with Crippen LogP contribution >= 0.6 is 9.12 Å². The Bertz CT molecular complexity index is 572. The maximum Gasteiger partial charge on any atom is 0.138 e. The van der Waals surface area contributed by atoms with Gasteiger partial charge >= 0.3 is 0 Å². The number of hydrogen-bond acceptors (Lipinski definition) is 3. The Morgan fingerprint density at radius 3 is 1.62 bits per heavy atom. The van der Waals surface area contributed by atoms with Gasteiger partial charge in [0.05, 0.1) is 11.0 Å². The summed E-state index contributed by atoms with van der Waals surface area (Å²) in [6.07, 6.45) is 3.60.